The van der Waals surface area contributed by atoms with Gasteiger partial charge in [0.15, 0.2) is 5.13 Å². The van der Waals surface area contributed by atoms with Crippen molar-refractivity contribution in [1.82, 2.24) is 20.0 Å². The molecule has 1 aliphatic heterocycles. The fourth-order valence-electron chi connectivity index (χ4n) is 3.65. The number of carbonyl (C=O) groups excluding carboxylic acids is 1. The third-order valence-electron chi connectivity index (χ3n) is 5.51. The highest BCUT2D eigenvalue weighted by atomic mass is 32.1. The zero-order chi connectivity index (χ0) is 22.1. The minimum atomic E-state index is -0.275. The predicted molar refractivity (Wildman–Crippen MR) is 119 cm³/mol. The quantitative estimate of drug-likeness (QED) is 0.641. The Balaban J connectivity index is 1.48. The number of nitrogens with one attached hydrogen (secondary N) is 1. The zero-order valence-corrected chi connectivity index (χ0v) is 19.3. The Morgan fingerprint density at radius 2 is 2.00 bits per heavy atom. The van der Waals surface area contributed by atoms with Gasteiger partial charge in [-0.1, -0.05) is 5.16 Å². The maximum atomic E-state index is 12.9. The molecule has 9 heteroatoms. The molecule has 0 spiro atoms. The monoisotopic (exact) mass is 441 g/mol. The van der Waals surface area contributed by atoms with E-state index in [2.05, 4.69) is 27.4 Å². The number of hydrogen-bond donors (Lipinski definition) is 1. The van der Waals surface area contributed by atoms with Crippen LogP contribution < -0.4 is 5.32 Å². The van der Waals surface area contributed by atoms with Crippen LogP contribution in [0.3, 0.4) is 0 Å². The summed E-state index contributed by atoms with van der Waals surface area (Å²) >= 11 is 1.63. The molecule has 1 N–H and O–H groups in total. The van der Waals surface area contributed by atoms with Crippen molar-refractivity contribution in [3.8, 4) is 0 Å². The molecule has 164 valence electrons. The van der Waals surface area contributed by atoms with E-state index in [0.717, 1.165) is 39.2 Å². The molecular formula is C22H27N5O3S. The molecule has 4 heterocycles. The smallest absolute Gasteiger partial charge is 0.227 e. The van der Waals surface area contributed by atoms with Crippen LogP contribution in [0.4, 0.5) is 10.8 Å². The first-order chi connectivity index (χ1) is 14.8. The Morgan fingerprint density at radius 3 is 2.68 bits per heavy atom. The van der Waals surface area contributed by atoms with Crippen molar-refractivity contribution >= 4 is 28.1 Å². The van der Waals surface area contributed by atoms with Crippen LogP contribution in [-0.2, 0) is 16.0 Å². The van der Waals surface area contributed by atoms with Crippen LogP contribution >= 0.6 is 11.3 Å². The SMILES string of the molecule is Cc1cc(Nc2nc(C)c(C)s2)cc([C@@H]2CN(C(=O)Cc3c(C)noc3C)CCO2)n1. The van der Waals surface area contributed by atoms with Gasteiger partial charge in [0.05, 0.1) is 36.7 Å². The van der Waals surface area contributed by atoms with Crippen LogP contribution in [-0.4, -0.2) is 45.6 Å². The van der Waals surface area contributed by atoms with Gasteiger partial charge in [0, 0.05) is 28.4 Å². The van der Waals surface area contributed by atoms with E-state index in [9.17, 15) is 4.79 Å². The number of carbonyl (C=O) groups is 1. The highest BCUT2D eigenvalue weighted by molar-refractivity contribution is 7.15. The van der Waals surface area contributed by atoms with Gasteiger partial charge >= 0.3 is 0 Å². The summed E-state index contributed by atoms with van der Waals surface area (Å²) in [5.74, 6) is 0.738. The molecule has 1 atom stereocenters. The van der Waals surface area contributed by atoms with E-state index < -0.39 is 0 Å². The number of hydrogen-bond acceptors (Lipinski definition) is 8. The molecule has 8 nitrogen and oxygen atoms in total. The number of aryl methyl sites for hydroxylation is 5. The van der Waals surface area contributed by atoms with Crippen LogP contribution in [0.2, 0.25) is 0 Å². The van der Waals surface area contributed by atoms with Gasteiger partial charge in [-0.3, -0.25) is 9.78 Å². The van der Waals surface area contributed by atoms with Gasteiger partial charge in [0.2, 0.25) is 5.91 Å². The Morgan fingerprint density at radius 1 is 1.19 bits per heavy atom. The Kier molecular flexibility index (Phi) is 6.06. The molecule has 1 amide bonds. The van der Waals surface area contributed by atoms with E-state index >= 15 is 0 Å². The molecule has 1 aliphatic rings. The lowest BCUT2D eigenvalue weighted by molar-refractivity contribution is -0.138. The van der Waals surface area contributed by atoms with Gasteiger partial charge in [-0.25, -0.2) is 4.98 Å². The molecule has 0 aliphatic carbocycles. The zero-order valence-electron chi connectivity index (χ0n) is 18.5. The van der Waals surface area contributed by atoms with Crippen LogP contribution in [0.1, 0.15) is 45.1 Å². The molecule has 0 saturated carbocycles. The fourth-order valence-corrected chi connectivity index (χ4v) is 4.49. The third kappa shape index (κ3) is 4.77. The van der Waals surface area contributed by atoms with Crippen molar-refractivity contribution in [1.29, 1.82) is 0 Å². The molecule has 0 unspecified atom stereocenters. The number of thiazole rings is 1. The van der Waals surface area contributed by atoms with Gasteiger partial charge in [0.25, 0.3) is 0 Å². The second-order valence-electron chi connectivity index (χ2n) is 7.89. The van der Waals surface area contributed by atoms with Crippen molar-refractivity contribution in [3.63, 3.8) is 0 Å². The maximum Gasteiger partial charge on any atom is 0.227 e. The van der Waals surface area contributed by atoms with Crippen LogP contribution in [0, 0.1) is 34.6 Å². The molecule has 1 fully saturated rings. The van der Waals surface area contributed by atoms with Gasteiger partial charge in [0.1, 0.15) is 11.9 Å². The lowest BCUT2D eigenvalue weighted by Gasteiger charge is -2.33. The number of morpholine rings is 1. The summed E-state index contributed by atoms with van der Waals surface area (Å²) in [6, 6.07) is 3.96. The van der Waals surface area contributed by atoms with Crippen molar-refractivity contribution < 1.29 is 14.1 Å². The summed E-state index contributed by atoms with van der Waals surface area (Å²) in [7, 11) is 0. The second kappa shape index (κ2) is 8.76. The number of aromatic nitrogens is 3. The Labute approximate surface area is 185 Å². The average Bonchev–Trinajstić information content (AvgIpc) is 3.22. The van der Waals surface area contributed by atoms with Crippen LogP contribution in [0.15, 0.2) is 16.7 Å². The van der Waals surface area contributed by atoms with Crippen molar-refractivity contribution in [2.24, 2.45) is 0 Å². The third-order valence-corrected chi connectivity index (χ3v) is 6.50. The molecule has 0 radical (unpaired) electrons. The predicted octanol–water partition coefficient (Wildman–Crippen LogP) is 3.95. The number of rotatable bonds is 5. The first-order valence-corrected chi connectivity index (χ1v) is 11.1. The first kappa shape index (κ1) is 21.5. The summed E-state index contributed by atoms with van der Waals surface area (Å²) in [5, 5.41) is 8.18. The normalized spacial score (nSPS) is 16.5. The van der Waals surface area contributed by atoms with E-state index in [4.69, 9.17) is 9.26 Å². The minimum absolute atomic E-state index is 0.0439. The molecule has 31 heavy (non-hydrogen) atoms. The summed E-state index contributed by atoms with van der Waals surface area (Å²) in [5.41, 5.74) is 5.26. The largest absolute Gasteiger partial charge is 0.368 e. The van der Waals surface area contributed by atoms with E-state index in [1.54, 1.807) is 11.3 Å². The van der Waals surface area contributed by atoms with Gasteiger partial charge in [-0.05, 0) is 46.8 Å². The topological polar surface area (TPSA) is 93.4 Å². The van der Waals surface area contributed by atoms with Crippen molar-refractivity contribution in [2.45, 2.75) is 47.1 Å². The van der Waals surface area contributed by atoms with E-state index in [0.29, 0.717) is 25.5 Å². The Hall–Kier alpha value is -2.78. The fraction of sp³-hybridized carbons (Fsp3) is 0.455. The average molecular weight is 442 g/mol. The van der Waals surface area contributed by atoms with Gasteiger partial charge in [-0.15, -0.1) is 11.3 Å². The first-order valence-electron chi connectivity index (χ1n) is 10.3. The Bertz CT molecular complexity index is 1070. The maximum absolute atomic E-state index is 12.9. The van der Waals surface area contributed by atoms with E-state index in [-0.39, 0.29) is 18.4 Å². The lowest BCUT2D eigenvalue weighted by atomic mass is 10.1. The van der Waals surface area contributed by atoms with Crippen molar-refractivity contribution in [2.75, 3.05) is 25.0 Å². The molecule has 0 bridgehead atoms. The molecule has 0 aromatic carbocycles. The second-order valence-corrected chi connectivity index (χ2v) is 9.09. The minimum Gasteiger partial charge on any atom is -0.368 e. The van der Waals surface area contributed by atoms with Crippen LogP contribution in [0.25, 0.3) is 0 Å². The molecule has 1 saturated heterocycles. The van der Waals surface area contributed by atoms with Crippen molar-refractivity contribution in [3.05, 3.63) is 51.1 Å². The number of nitrogens with zero attached hydrogens (tertiary/aromatic N) is 4. The van der Waals surface area contributed by atoms with Gasteiger partial charge in [-0.2, -0.15) is 0 Å². The standard InChI is InChI=1S/C22H27N5O3S/c1-12-8-17(25-22-24-13(2)16(5)31-22)9-19(23-12)20-11-27(6-7-29-20)21(28)10-18-14(3)26-30-15(18)4/h8-9,20H,6-7,10-11H2,1-5H3,(H,23,24,25)/t20-/m0/s1. The molecule has 3 aromatic heterocycles. The highest BCUT2D eigenvalue weighted by Crippen LogP contribution is 2.28. The number of amides is 1. The number of anilines is 2. The van der Waals surface area contributed by atoms with E-state index in [1.165, 1.54) is 4.88 Å². The van der Waals surface area contributed by atoms with Crippen LogP contribution in [0.5, 0.6) is 0 Å². The molecule has 3 aromatic rings. The summed E-state index contributed by atoms with van der Waals surface area (Å²) in [4.78, 5) is 25.2. The molecular weight excluding hydrogens is 414 g/mol. The number of ether oxygens (including phenoxy) is 1. The number of pyridine rings is 1. The highest BCUT2D eigenvalue weighted by Gasteiger charge is 2.28. The van der Waals surface area contributed by atoms with E-state index in [1.807, 2.05) is 44.7 Å². The summed E-state index contributed by atoms with van der Waals surface area (Å²) in [6.45, 7) is 11.2. The lowest BCUT2D eigenvalue weighted by Crippen LogP contribution is -2.43. The molecule has 4 rings (SSSR count). The summed E-state index contributed by atoms with van der Waals surface area (Å²) in [6.07, 6.45) is 0.00704. The van der Waals surface area contributed by atoms with Gasteiger partial charge < -0.3 is 19.5 Å². The summed E-state index contributed by atoms with van der Waals surface area (Å²) < 4.78 is 11.2.